The van der Waals surface area contributed by atoms with Gasteiger partial charge in [0.1, 0.15) is 37.3 Å². The number of halogens is 1. The van der Waals surface area contributed by atoms with Crippen molar-refractivity contribution in [3.05, 3.63) is 110 Å². The van der Waals surface area contributed by atoms with E-state index in [1.54, 1.807) is 50.2 Å². The number of aliphatic hydroxyl groups is 1. The zero-order chi connectivity index (χ0) is 57.9. The zero-order valence-electron chi connectivity index (χ0n) is 44.1. The fraction of sp³-hybridized carbons (Fsp3) is 0.418. The molecule has 5 aliphatic rings. The number of fused-ring (bicyclic) bond motifs is 5. The Morgan fingerprint density at radius 1 is 0.852 bits per heavy atom. The lowest BCUT2D eigenvalue weighted by Crippen LogP contribution is -2.56. The molecule has 0 unspecified atom stereocenters. The smallest absolute Gasteiger partial charge is 0.343 e. The summed E-state index contributed by atoms with van der Waals surface area (Å²) in [4.78, 5) is 148. The largest absolute Gasteiger partial charge is 0.480 e. The van der Waals surface area contributed by atoms with Crippen LogP contribution in [0.3, 0.4) is 0 Å². The van der Waals surface area contributed by atoms with Gasteiger partial charge in [-0.05, 0) is 66.8 Å². The van der Waals surface area contributed by atoms with E-state index in [4.69, 9.17) is 19.6 Å². The van der Waals surface area contributed by atoms with Gasteiger partial charge in [0, 0.05) is 47.7 Å². The second-order valence-electron chi connectivity index (χ2n) is 20.4. The lowest BCUT2D eigenvalue weighted by molar-refractivity contribution is -0.172. The molecule has 0 saturated heterocycles. The van der Waals surface area contributed by atoms with E-state index in [9.17, 15) is 57.8 Å². The van der Waals surface area contributed by atoms with Gasteiger partial charge in [0.15, 0.2) is 5.60 Å². The van der Waals surface area contributed by atoms with E-state index in [-0.39, 0.29) is 43.0 Å². The third-order valence-electron chi connectivity index (χ3n) is 15.1. The first-order valence-electron chi connectivity index (χ1n) is 26.4. The Bertz CT molecular complexity index is 3360. The number of aryl methyl sites for hydroxylation is 1. The van der Waals surface area contributed by atoms with Crippen LogP contribution in [0.4, 0.5) is 4.39 Å². The third kappa shape index (κ3) is 12.2. The minimum atomic E-state index is -2.07. The van der Waals surface area contributed by atoms with E-state index < -0.39 is 140 Å². The number of nitrogens with one attached hydrogen (secondary N) is 7. The number of hydrogen-bond acceptors (Lipinski definition) is 16. The van der Waals surface area contributed by atoms with Gasteiger partial charge in [0.2, 0.25) is 35.4 Å². The van der Waals surface area contributed by atoms with Gasteiger partial charge in [-0.15, -0.1) is 0 Å². The maximum absolute atomic E-state index is 15.5. The first-order valence-corrected chi connectivity index (χ1v) is 26.4. The number of benzene rings is 2. The Hall–Kier alpha value is -8.75. The van der Waals surface area contributed by atoms with Crippen molar-refractivity contribution in [3.8, 4) is 11.4 Å². The molecule has 0 radical (unpaired) electrons. The number of carboxylic acid groups (broad SMARTS) is 1. The van der Waals surface area contributed by atoms with Crippen LogP contribution in [0.25, 0.3) is 22.3 Å². The summed E-state index contributed by atoms with van der Waals surface area (Å²) in [5.74, 6) is -8.68. The predicted molar refractivity (Wildman–Crippen MR) is 280 cm³/mol. The first kappa shape index (κ1) is 57.0. The Labute approximate surface area is 460 Å². The number of rotatable bonds is 24. The molecule has 3 aliphatic heterocycles. The molecule has 8 amide bonds. The number of carboxylic acids is 1. The number of hydrogen-bond donors (Lipinski definition) is 9. The van der Waals surface area contributed by atoms with Crippen molar-refractivity contribution in [1.82, 2.24) is 51.7 Å². The van der Waals surface area contributed by atoms with Crippen molar-refractivity contribution >= 4 is 70.1 Å². The number of aromatic nitrogens is 2. The normalized spacial score (nSPS) is 18.6. The summed E-state index contributed by atoms with van der Waals surface area (Å²) in [5.41, 5.74) is 1.73. The van der Waals surface area contributed by atoms with Crippen LogP contribution in [0.15, 0.2) is 59.4 Å². The Kier molecular flexibility index (Phi) is 16.8. The standard InChI is InChI=1S/C55H59FN10O15/c1-3-55(79)33-17-38-49-31(24-65(38)53(77)32(33)25-80-54(55)78)48-35(12-11-30-27(2)34(56)18-36(63-49)47(30)48)64-52(76)40(16-29-9-10-29)81-26-61-42(68)21-59-50(74)37(15-28-7-5-4-6-8-28)62-43(69)22-58-41(67)20-60-51(75)39(19-57-23-46(72)73)66-44(70)13-14-45(66)71/h4-8,13-14,17-18,29,35,37,39-40,57,79H,3,9-12,15-16,19-26H2,1-2H3,(H,58,67)(H,59,74)(H,60,75)(H,61,68)(H,62,69)(H,64,76)(H,72,73)/t35-,37-,39+,40+,55-/m0/s1. The Balaban J connectivity index is 0.811. The minimum absolute atomic E-state index is 0.0314. The van der Waals surface area contributed by atoms with Gasteiger partial charge in [-0.3, -0.25) is 52.8 Å². The van der Waals surface area contributed by atoms with Crippen molar-refractivity contribution in [2.75, 3.05) is 39.5 Å². The van der Waals surface area contributed by atoms with E-state index in [0.29, 0.717) is 68.7 Å². The molecule has 426 valence electrons. The number of nitrogens with zero attached hydrogens (tertiary/aromatic N) is 3. The molecule has 4 aromatic rings. The summed E-state index contributed by atoms with van der Waals surface area (Å²) in [6.45, 7) is -0.425. The number of pyridine rings is 2. The van der Waals surface area contributed by atoms with Gasteiger partial charge in [-0.2, -0.15) is 0 Å². The number of ether oxygens (including phenoxy) is 2. The van der Waals surface area contributed by atoms with E-state index in [1.165, 1.54) is 10.6 Å². The molecule has 9 N–H and O–H groups in total. The monoisotopic (exact) mass is 1120 g/mol. The Morgan fingerprint density at radius 3 is 2.23 bits per heavy atom. The van der Waals surface area contributed by atoms with Crippen molar-refractivity contribution in [2.24, 2.45) is 5.92 Å². The number of cyclic esters (lactones) is 1. The van der Waals surface area contributed by atoms with Crippen LogP contribution < -0.4 is 42.8 Å². The number of amides is 8. The highest BCUT2D eigenvalue weighted by atomic mass is 19.1. The number of carbonyl (C=O) groups is 10. The molecule has 81 heavy (non-hydrogen) atoms. The topological polar surface area (TPSA) is 352 Å². The summed E-state index contributed by atoms with van der Waals surface area (Å²) in [6, 6.07) is 8.07. The minimum Gasteiger partial charge on any atom is -0.480 e. The molecule has 1 fully saturated rings. The average Bonchev–Trinajstić information content (AvgIpc) is 4.08. The lowest BCUT2D eigenvalue weighted by atomic mass is 9.81. The van der Waals surface area contributed by atoms with Crippen molar-refractivity contribution < 1.29 is 72.0 Å². The highest BCUT2D eigenvalue weighted by Crippen LogP contribution is 2.46. The predicted octanol–water partition coefficient (Wildman–Crippen LogP) is -1.07. The molecule has 26 heteroatoms. The molecule has 2 aliphatic carbocycles. The van der Waals surface area contributed by atoms with Crippen LogP contribution in [0.2, 0.25) is 0 Å². The van der Waals surface area contributed by atoms with Crippen molar-refractivity contribution in [3.63, 3.8) is 0 Å². The molecule has 5 atom stereocenters. The first-order chi connectivity index (χ1) is 38.8. The molecule has 25 nitrogen and oxygen atoms in total. The van der Waals surface area contributed by atoms with Crippen LogP contribution in [0.1, 0.15) is 84.0 Å². The molecule has 0 spiro atoms. The van der Waals surface area contributed by atoms with Gasteiger partial charge >= 0.3 is 11.9 Å². The molecule has 2 aromatic heterocycles. The second kappa shape index (κ2) is 23.9. The molecular formula is C55H59FN10O15. The highest BCUT2D eigenvalue weighted by Gasteiger charge is 2.46. The molecule has 2 aromatic carbocycles. The van der Waals surface area contributed by atoms with Gasteiger partial charge < -0.3 is 61.5 Å². The zero-order valence-corrected chi connectivity index (χ0v) is 44.1. The van der Waals surface area contributed by atoms with E-state index in [1.807, 2.05) is 0 Å². The fourth-order valence-electron chi connectivity index (χ4n) is 10.6. The van der Waals surface area contributed by atoms with E-state index in [0.717, 1.165) is 30.6 Å². The van der Waals surface area contributed by atoms with Crippen molar-refractivity contribution in [2.45, 2.75) is 102 Å². The second-order valence-corrected chi connectivity index (χ2v) is 20.4. The number of aliphatic carboxylic acids is 1. The summed E-state index contributed by atoms with van der Waals surface area (Å²) >= 11 is 0. The van der Waals surface area contributed by atoms with Gasteiger partial charge in [-0.25, -0.2) is 14.2 Å². The van der Waals surface area contributed by atoms with Crippen LogP contribution in [-0.2, 0) is 89.0 Å². The molecule has 1 saturated carbocycles. The summed E-state index contributed by atoms with van der Waals surface area (Å²) in [5, 5.41) is 38.8. The molecule has 9 rings (SSSR count). The molecule has 5 heterocycles. The summed E-state index contributed by atoms with van der Waals surface area (Å²) in [6.07, 6.45) is 3.53. The number of imide groups is 1. The highest BCUT2D eigenvalue weighted by molar-refractivity contribution is 6.15. The maximum Gasteiger partial charge on any atom is 0.343 e. The van der Waals surface area contributed by atoms with Gasteiger partial charge in [0.05, 0.1) is 61.2 Å². The quantitative estimate of drug-likeness (QED) is 0.0202. The van der Waals surface area contributed by atoms with Crippen LogP contribution in [0, 0.1) is 18.7 Å². The van der Waals surface area contributed by atoms with Gasteiger partial charge in [0.25, 0.3) is 17.4 Å². The van der Waals surface area contributed by atoms with E-state index >= 15 is 4.39 Å². The van der Waals surface area contributed by atoms with Crippen LogP contribution >= 0.6 is 0 Å². The van der Waals surface area contributed by atoms with Crippen molar-refractivity contribution in [1.29, 1.82) is 0 Å². The number of esters is 1. The van der Waals surface area contributed by atoms with Gasteiger partial charge in [-0.1, -0.05) is 50.1 Å². The third-order valence-corrected chi connectivity index (χ3v) is 15.1. The molecular weight excluding hydrogens is 1060 g/mol. The average molecular weight is 1120 g/mol. The fourth-order valence-corrected chi connectivity index (χ4v) is 10.6. The lowest BCUT2D eigenvalue weighted by Gasteiger charge is -2.31. The Morgan fingerprint density at radius 2 is 1.54 bits per heavy atom. The number of carbonyl (C=O) groups excluding carboxylic acids is 9. The summed E-state index contributed by atoms with van der Waals surface area (Å²) in [7, 11) is 0. The SMILES string of the molecule is CC[C@@]1(O)C(=O)OCc2c1cc1n(c2=O)Cc2c-1nc1cc(F)c(C)c3c1c2[C@@H](NC(=O)[C@@H](CC1CC1)OCNC(=O)CNC(=O)[C@H](Cc1ccccc1)NC(=O)CNC(=O)CNC(=O)[C@@H](CNCC(=O)O)N1C(=O)C=CC1=O)CC3. The molecule has 0 bridgehead atoms. The van der Waals surface area contributed by atoms with E-state index in [2.05, 4.69) is 37.2 Å². The van der Waals surface area contributed by atoms with Crippen LogP contribution in [0.5, 0.6) is 0 Å². The summed E-state index contributed by atoms with van der Waals surface area (Å²) < 4.78 is 28.3. The maximum atomic E-state index is 15.5. The van der Waals surface area contributed by atoms with Crippen LogP contribution in [-0.4, -0.2) is 142 Å².